The lowest BCUT2D eigenvalue weighted by atomic mass is 10.00. The molecular formula is C17H22N4O. The summed E-state index contributed by atoms with van der Waals surface area (Å²) in [4.78, 5) is 6.58. The Kier molecular flexibility index (Phi) is 4.42. The number of nitrogens with two attached hydrogens (primary N) is 1. The van der Waals surface area contributed by atoms with E-state index in [1.54, 1.807) is 0 Å². The summed E-state index contributed by atoms with van der Waals surface area (Å²) in [5, 5.41) is 4.09. The van der Waals surface area contributed by atoms with Gasteiger partial charge >= 0.3 is 0 Å². The molecule has 1 aliphatic heterocycles. The first kappa shape index (κ1) is 14.6. The minimum atomic E-state index is 0.428. The molecule has 2 N–H and O–H groups in total. The summed E-state index contributed by atoms with van der Waals surface area (Å²) in [6, 6.07) is 11.9. The lowest BCUT2D eigenvalue weighted by molar-refractivity contribution is 0.277. The van der Waals surface area contributed by atoms with Crippen LogP contribution in [0.4, 0.5) is 0 Å². The van der Waals surface area contributed by atoms with Gasteiger partial charge in [-0.2, -0.15) is 0 Å². The highest BCUT2D eigenvalue weighted by molar-refractivity contribution is 5.78. The second-order valence-electron chi connectivity index (χ2n) is 5.89. The van der Waals surface area contributed by atoms with Crippen molar-refractivity contribution >= 4 is 5.96 Å². The van der Waals surface area contributed by atoms with Crippen molar-refractivity contribution in [3.8, 4) is 11.3 Å². The molecule has 1 saturated heterocycles. The smallest absolute Gasteiger partial charge is 0.191 e. The lowest BCUT2D eigenvalue weighted by Gasteiger charge is -2.30. The Morgan fingerprint density at radius 1 is 1.32 bits per heavy atom. The van der Waals surface area contributed by atoms with Gasteiger partial charge in [0.2, 0.25) is 0 Å². The summed E-state index contributed by atoms with van der Waals surface area (Å²) < 4.78 is 5.34. The maximum atomic E-state index is 6.07. The van der Waals surface area contributed by atoms with Crippen LogP contribution in [0, 0.1) is 5.92 Å². The van der Waals surface area contributed by atoms with E-state index in [-0.39, 0.29) is 0 Å². The normalized spacial score (nSPS) is 17.0. The fourth-order valence-corrected chi connectivity index (χ4v) is 2.63. The van der Waals surface area contributed by atoms with Gasteiger partial charge in [0.15, 0.2) is 11.7 Å². The van der Waals surface area contributed by atoms with Gasteiger partial charge in [0.05, 0.1) is 0 Å². The van der Waals surface area contributed by atoms with Crippen molar-refractivity contribution in [1.82, 2.24) is 10.1 Å². The molecule has 1 aromatic heterocycles. The van der Waals surface area contributed by atoms with Crippen LogP contribution in [0.5, 0.6) is 0 Å². The second-order valence-corrected chi connectivity index (χ2v) is 5.89. The number of rotatable bonds is 3. The zero-order valence-corrected chi connectivity index (χ0v) is 12.9. The molecule has 116 valence electrons. The fourth-order valence-electron chi connectivity index (χ4n) is 2.63. The van der Waals surface area contributed by atoms with Gasteiger partial charge in [-0.1, -0.05) is 42.4 Å². The molecule has 3 rings (SSSR count). The molecule has 0 atom stereocenters. The van der Waals surface area contributed by atoms with Crippen LogP contribution in [0.25, 0.3) is 11.3 Å². The van der Waals surface area contributed by atoms with E-state index in [0.29, 0.717) is 12.5 Å². The Morgan fingerprint density at radius 3 is 2.77 bits per heavy atom. The number of aliphatic imine (C=N–C) groups is 1. The van der Waals surface area contributed by atoms with Crippen molar-refractivity contribution in [3.63, 3.8) is 0 Å². The van der Waals surface area contributed by atoms with Gasteiger partial charge in [-0.05, 0) is 18.8 Å². The Bertz CT molecular complexity index is 627. The number of guanidine groups is 1. The van der Waals surface area contributed by atoms with Gasteiger partial charge in [0.1, 0.15) is 12.2 Å². The Hall–Kier alpha value is -2.30. The molecule has 1 aliphatic rings. The van der Waals surface area contributed by atoms with Crippen LogP contribution in [0.15, 0.2) is 45.9 Å². The zero-order chi connectivity index (χ0) is 15.4. The SMILES string of the molecule is CC1CCN(C(N)=NCc2cc(-c3ccccc3)no2)CC1. The lowest BCUT2D eigenvalue weighted by Crippen LogP contribution is -2.42. The molecule has 0 saturated carbocycles. The van der Waals surface area contributed by atoms with E-state index in [2.05, 4.69) is 22.0 Å². The summed E-state index contributed by atoms with van der Waals surface area (Å²) in [6.45, 7) is 4.69. The van der Waals surface area contributed by atoms with Gasteiger partial charge in [-0.15, -0.1) is 0 Å². The Labute approximate surface area is 130 Å². The summed E-state index contributed by atoms with van der Waals surface area (Å²) in [6.07, 6.45) is 2.35. The highest BCUT2D eigenvalue weighted by atomic mass is 16.5. The highest BCUT2D eigenvalue weighted by Crippen LogP contribution is 2.19. The minimum absolute atomic E-state index is 0.428. The van der Waals surface area contributed by atoms with E-state index in [4.69, 9.17) is 10.3 Å². The monoisotopic (exact) mass is 298 g/mol. The van der Waals surface area contributed by atoms with E-state index in [0.717, 1.165) is 36.0 Å². The van der Waals surface area contributed by atoms with Crippen LogP contribution in [-0.4, -0.2) is 29.1 Å². The van der Waals surface area contributed by atoms with Gasteiger partial charge < -0.3 is 15.2 Å². The number of likely N-dealkylation sites (tertiary alicyclic amines) is 1. The molecule has 1 aromatic carbocycles. The molecule has 0 radical (unpaired) electrons. The average molecular weight is 298 g/mol. The molecule has 1 fully saturated rings. The van der Waals surface area contributed by atoms with E-state index < -0.39 is 0 Å². The minimum Gasteiger partial charge on any atom is -0.370 e. The predicted octanol–water partition coefficient (Wildman–Crippen LogP) is 2.89. The van der Waals surface area contributed by atoms with Gasteiger partial charge in [0, 0.05) is 24.7 Å². The number of benzene rings is 1. The summed E-state index contributed by atoms with van der Waals surface area (Å²) in [7, 11) is 0. The third kappa shape index (κ3) is 3.47. The summed E-state index contributed by atoms with van der Waals surface area (Å²) >= 11 is 0. The van der Waals surface area contributed by atoms with E-state index in [9.17, 15) is 0 Å². The maximum absolute atomic E-state index is 6.07. The molecule has 0 bridgehead atoms. The predicted molar refractivity (Wildman–Crippen MR) is 87.2 cm³/mol. The largest absolute Gasteiger partial charge is 0.370 e. The number of hydrogen-bond acceptors (Lipinski definition) is 3. The third-order valence-electron chi connectivity index (χ3n) is 4.13. The Morgan fingerprint density at radius 2 is 2.05 bits per heavy atom. The molecular weight excluding hydrogens is 276 g/mol. The van der Waals surface area contributed by atoms with E-state index in [1.165, 1.54) is 12.8 Å². The van der Waals surface area contributed by atoms with Crippen LogP contribution in [-0.2, 0) is 6.54 Å². The summed E-state index contributed by atoms with van der Waals surface area (Å²) in [5.74, 6) is 2.11. The van der Waals surface area contributed by atoms with Crippen LogP contribution in [0.1, 0.15) is 25.5 Å². The number of hydrogen-bond donors (Lipinski definition) is 1. The van der Waals surface area contributed by atoms with Gasteiger partial charge in [-0.3, -0.25) is 0 Å². The van der Waals surface area contributed by atoms with Crippen molar-refractivity contribution in [2.75, 3.05) is 13.1 Å². The zero-order valence-electron chi connectivity index (χ0n) is 12.9. The van der Waals surface area contributed by atoms with Crippen molar-refractivity contribution in [2.45, 2.75) is 26.3 Å². The number of aromatic nitrogens is 1. The van der Waals surface area contributed by atoms with Crippen molar-refractivity contribution in [3.05, 3.63) is 42.2 Å². The van der Waals surface area contributed by atoms with Crippen LogP contribution in [0.3, 0.4) is 0 Å². The average Bonchev–Trinajstić information content (AvgIpc) is 3.03. The fraction of sp³-hybridized carbons (Fsp3) is 0.412. The molecule has 0 aliphatic carbocycles. The van der Waals surface area contributed by atoms with Crippen molar-refractivity contribution < 1.29 is 4.52 Å². The Balaban J connectivity index is 1.62. The number of piperidine rings is 1. The summed E-state index contributed by atoms with van der Waals surface area (Å²) in [5.41, 5.74) is 7.94. The first-order chi connectivity index (χ1) is 10.7. The molecule has 2 heterocycles. The molecule has 22 heavy (non-hydrogen) atoms. The molecule has 0 unspecified atom stereocenters. The van der Waals surface area contributed by atoms with Crippen LogP contribution >= 0.6 is 0 Å². The quantitative estimate of drug-likeness (QED) is 0.699. The second kappa shape index (κ2) is 6.64. The number of nitrogens with zero attached hydrogens (tertiary/aromatic N) is 3. The van der Waals surface area contributed by atoms with Crippen LogP contribution < -0.4 is 5.73 Å². The van der Waals surface area contributed by atoms with Gasteiger partial charge in [0.25, 0.3) is 0 Å². The standard InChI is InChI=1S/C17H22N4O/c1-13-7-9-21(10-8-13)17(18)19-12-15-11-16(20-22-15)14-5-3-2-4-6-14/h2-6,11,13H,7-10,12H2,1H3,(H2,18,19). The third-order valence-corrected chi connectivity index (χ3v) is 4.13. The van der Waals surface area contributed by atoms with Crippen molar-refractivity contribution in [2.24, 2.45) is 16.6 Å². The molecule has 5 heteroatoms. The molecule has 0 spiro atoms. The first-order valence-corrected chi connectivity index (χ1v) is 7.78. The highest BCUT2D eigenvalue weighted by Gasteiger charge is 2.17. The van der Waals surface area contributed by atoms with E-state index >= 15 is 0 Å². The van der Waals surface area contributed by atoms with Crippen LogP contribution in [0.2, 0.25) is 0 Å². The van der Waals surface area contributed by atoms with Gasteiger partial charge in [-0.25, -0.2) is 4.99 Å². The maximum Gasteiger partial charge on any atom is 0.191 e. The topological polar surface area (TPSA) is 67.7 Å². The van der Waals surface area contributed by atoms with E-state index in [1.807, 2.05) is 36.4 Å². The molecule has 5 nitrogen and oxygen atoms in total. The molecule has 0 amide bonds. The van der Waals surface area contributed by atoms with Crippen molar-refractivity contribution in [1.29, 1.82) is 0 Å². The first-order valence-electron chi connectivity index (χ1n) is 7.78. The molecule has 2 aromatic rings.